The second-order valence-corrected chi connectivity index (χ2v) is 9.31. The molecule has 24 heavy (non-hydrogen) atoms. The van der Waals surface area contributed by atoms with Crippen molar-refractivity contribution in [3.05, 3.63) is 47.6 Å². The average Bonchev–Trinajstić information content (AvgIpc) is 3.19. The second-order valence-electron chi connectivity index (χ2n) is 7.34. The molecule has 1 saturated carbocycles. The molecule has 2 aromatic rings. The lowest BCUT2D eigenvalue weighted by Gasteiger charge is -2.28. The van der Waals surface area contributed by atoms with Crippen LogP contribution in [0.5, 0.6) is 0 Å². The van der Waals surface area contributed by atoms with Crippen LogP contribution in [0.4, 0.5) is 0 Å². The van der Waals surface area contributed by atoms with Crippen LogP contribution in [0.1, 0.15) is 43.0 Å². The van der Waals surface area contributed by atoms with Crippen molar-refractivity contribution >= 4 is 10.0 Å². The number of nitrogens with zero attached hydrogens (tertiary/aromatic N) is 3. The zero-order chi connectivity index (χ0) is 16.4. The third-order valence-corrected chi connectivity index (χ3v) is 7.79. The van der Waals surface area contributed by atoms with Gasteiger partial charge >= 0.3 is 0 Å². The lowest BCUT2D eigenvalue weighted by Crippen LogP contribution is -2.38. The van der Waals surface area contributed by atoms with Gasteiger partial charge in [-0.1, -0.05) is 35.5 Å². The highest BCUT2D eigenvalue weighted by atomic mass is 32.2. The minimum absolute atomic E-state index is 0.0972. The molecule has 3 fully saturated rings. The van der Waals surface area contributed by atoms with Gasteiger partial charge in [-0.2, -0.15) is 4.98 Å². The fraction of sp³-hybridized carbons (Fsp3) is 0.529. The molecule has 6 nitrogen and oxygen atoms in total. The summed E-state index contributed by atoms with van der Waals surface area (Å²) in [7, 11) is -3.19. The molecule has 0 radical (unpaired) electrons. The Morgan fingerprint density at radius 1 is 1.12 bits per heavy atom. The van der Waals surface area contributed by atoms with E-state index in [9.17, 15) is 8.42 Å². The van der Waals surface area contributed by atoms with Crippen LogP contribution in [-0.4, -0.2) is 41.7 Å². The number of rotatable bonds is 3. The lowest BCUT2D eigenvalue weighted by molar-refractivity contribution is 0.221. The zero-order valence-corrected chi connectivity index (χ0v) is 14.1. The molecular formula is C17H19N3O3S. The van der Waals surface area contributed by atoms with Gasteiger partial charge in [0.1, 0.15) is 0 Å². The van der Waals surface area contributed by atoms with Crippen molar-refractivity contribution in [3.8, 4) is 0 Å². The van der Waals surface area contributed by atoms with E-state index in [0.717, 1.165) is 25.7 Å². The molecular weight excluding hydrogens is 326 g/mol. The van der Waals surface area contributed by atoms with Crippen LogP contribution in [-0.2, 0) is 20.9 Å². The van der Waals surface area contributed by atoms with E-state index < -0.39 is 15.4 Å². The number of fused-ring (bicyclic) bond motifs is 2. The molecule has 3 aliphatic rings. The molecule has 1 aromatic heterocycles. The Bertz CT molecular complexity index is 889. The van der Waals surface area contributed by atoms with Crippen LogP contribution in [0.25, 0.3) is 0 Å². The quantitative estimate of drug-likeness (QED) is 0.848. The van der Waals surface area contributed by atoms with E-state index in [2.05, 4.69) is 17.3 Å². The largest absolute Gasteiger partial charge is 0.339 e. The highest BCUT2D eigenvalue weighted by Gasteiger charge is 2.56. The maximum absolute atomic E-state index is 12.3. The molecule has 2 aliphatic heterocycles. The summed E-state index contributed by atoms with van der Waals surface area (Å²) in [6.45, 7) is 1.09. The maximum Gasteiger partial charge on any atom is 0.235 e. The molecule has 2 unspecified atom stereocenters. The lowest BCUT2D eigenvalue weighted by atomic mass is 9.82. The standard InChI is InChI=1S/C17H19N3O3S/c21-24(22)12-16(7-4-10-20(24)11-16)15-18-14(19-23-15)17(8-9-17)13-5-2-1-3-6-13/h1-3,5-6H,4,7-12H2. The molecule has 1 aliphatic carbocycles. The highest BCUT2D eigenvalue weighted by molar-refractivity contribution is 7.89. The fourth-order valence-corrected chi connectivity index (χ4v) is 6.37. The number of hydrogen-bond donors (Lipinski definition) is 0. The van der Waals surface area contributed by atoms with E-state index in [1.807, 2.05) is 18.2 Å². The van der Waals surface area contributed by atoms with Gasteiger partial charge in [0.15, 0.2) is 5.82 Å². The minimum atomic E-state index is -3.19. The molecule has 0 spiro atoms. The molecule has 7 heteroatoms. The van der Waals surface area contributed by atoms with E-state index >= 15 is 0 Å². The van der Waals surface area contributed by atoms with Gasteiger partial charge in [0.25, 0.3) is 0 Å². The van der Waals surface area contributed by atoms with Gasteiger partial charge in [-0.3, -0.25) is 0 Å². The third kappa shape index (κ3) is 1.94. The first-order valence-corrected chi connectivity index (χ1v) is 10.0. The maximum atomic E-state index is 12.3. The van der Waals surface area contributed by atoms with Crippen LogP contribution in [0.2, 0.25) is 0 Å². The number of piperidine rings is 1. The van der Waals surface area contributed by atoms with Crippen molar-refractivity contribution in [2.24, 2.45) is 0 Å². The molecule has 2 atom stereocenters. The van der Waals surface area contributed by atoms with Gasteiger partial charge in [-0.25, -0.2) is 12.7 Å². The molecule has 0 amide bonds. The van der Waals surface area contributed by atoms with Gasteiger partial charge in [0, 0.05) is 13.1 Å². The number of benzene rings is 1. The first kappa shape index (κ1) is 14.6. The van der Waals surface area contributed by atoms with Gasteiger partial charge in [-0.05, 0) is 31.2 Å². The summed E-state index contributed by atoms with van der Waals surface area (Å²) in [5.74, 6) is 1.31. The first-order valence-electron chi connectivity index (χ1n) is 8.42. The summed E-state index contributed by atoms with van der Waals surface area (Å²) >= 11 is 0. The van der Waals surface area contributed by atoms with E-state index in [1.165, 1.54) is 5.56 Å². The summed E-state index contributed by atoms with van der Waals surface area (Å²) in [6, 6.07) is 10.3. The Morgan fingerprint density at radius 3 is 2.67 bits per heavy atom. The van der Waals surface area contributed by atoms with Crippen molar-refractivity contribution in [1.82, 2.24) is 14.4 Å². The summed E-state index contributed by atoms with van der Waals surface area (Å²) in [5.41, 5.74) is 0.541. The van der Waals surface area contributed by atoms with E-state index in [4.69, 9.17) is 9.51 Å². The van der Waals surface area contributed by atoms with Gasteiger partial charge in [0.2, 0.25) is 15.9 Å². The van der Waals surface area contributed by atoms with Crippen molar-refractivity contribution < 1.29 is 12.9 Å². The summed E-state index contributed by atoms with van der Waals surface area (Å²) in [6.07, 6.45) is 3.66. The van der Waals surface area contributed by atoms with E-state index in [0.29, 0.717) is 24.8 Å². The summed E-state index contributed by atoms with van der Waals surface area (Å²) < 4.78 is 31.8. The van der Waals surface area contributed by atoms with Crippen LogP contribution < -0.4 is 0 Å². The number of hydrogen-bond acceptors (Lipinski definition) is 5. The Labute approximate surface area is 140 Å². The average molecular weight is 345 g/mol. The zero-order valence-electron chi connectivity index (χ0n) is 13.3. The molecule has 2 bridgehead atoms. The second kappa shape index (κ2) is 4.67. The predicted octanol–water partition coefficient (Wildman–Crippen LogP) is 1.83. The molecule has 5 rings (SSSR count). The van der Waals surface area contributed by atoms with Crippen LogP contribution >= 0.6 is 0 Å². The Balaban J connectivity index is 1.53. The molecule has 1 aromatic carbocycles. The molecule has 2 saturated heterocycles. The minimum Gasteiger partial charge on any atom is -0.339 e. The normalized spacial score (nSPS) is 32.6. The summed E-state index contributed by atoms with van der Waals surface area (Å²) in [4.78, 5) is 4.71. The van der Waals surface area contributed by atoms with E-state index in [1.54, 1.807) is 4.31 Å². The molecule has 126 valence electrons. The third-order valence-electron chi connectivity index (χ3n) is 5.78. The van der Waals surface area contributed by atoms with Crippen molar-refractivity contribution in [2.75, 3.05) is 18.8 Å². The SMILES string of the molecule is O=S1(=O)CC2(c3nc(C4(c5ccccc5)CC4)no3)CCCN1C2. The Kier molecular flexibility index (Phi) is 2.84. The van der Waals surface area contributed by atoms with Crippen LogP contribution in [0.15, 0.2) is 34.9 Å². The predicted molar refractivity (Wildman–Crippen MR) is 87.0 cm³/mol. The fourth-order valence-electron chi connectivity index (χ4n) is 4.28. The first-order chi connectivity index (χ1) is 11.5. The van der Waals surface area contributed by atoms with Crippen LogP contribution in [0, 0.1) is 0 Å². The monoisotopic (exact) mass is 345 g/mol. The van der Waals surface area contributed by atoms with E-state index in [-0.39, 0.29) is 11.2 Å². The number of sulfonamides is 1. The highest BCUT2D eigenvalue weighted by Crippen LogP contribution is 2.53. The smallest absolute Gasteiger partial charge is 0.235 e. The molecule has 0 N–H and O–H groups in total. The van der Waals surface area contributed by atoms with Gasteiger partial charge in [0.05, 0.1) is 16.6 Å². The van der Waals surface area contributed by atoms with Gasteiger partial charge in [-0.15, -0.1) is 0 Å². The Hall–Kier alpha value is -1.73. The number of aromatic nitrogens is 2. The summed E-state index contributed by atoms with van der Waals surface area (Å²) in [5, 5.41) is 4.26. The Morgan fingerprint density at radius 2 is 1.92 bits per heavy atom. The van der Waals surface area contributed by atoms with Crippen molar-refractivity contribution in [2.45, 2.75) is 36.5 Å². The molecule has 3 heterocycles. The van der Waals surface area contributed by atoms with Gasteiger partial charge < -0.3 is 4.52 Å². The van der Waals surface area contributed by atoms with Crippen molar-refractivity contribution in [1.29, 1.82) is 0 Å². The van der Waals surface area contributed by atoms with Crippen LogP contribution in [0.3, 0.4) is 0 Å². The topological polar surface area (TPSA) is 76.3 Å². The van der Waals surface area contributed by atoms with Crippen molar-refractivity contribution in [3.63, 3.8) is 0 Å².